The van der Waals surface area contributed by atoms with Gasteiger partial charge in [-0.2, -0.15) is 0 Å². The lowest BCUT2D eigenvalue weighted by atomic mass is 9.82. The molecule has 2 aromatic rings. The molecule has 1 saturated heterocycles. The smallest absolute Gasteiger partial charge is 0.350 e. The van der Waals surface area contributed by atoms with Crippen molar-refractivity contribution in [2.45, 2.75) is 77.2 Å². The highest BCUT2D eigenvalue weighted by Gasteiger charge is 2.37. The number of hydrogen-bond donors (Lipinski definition) is 0. The number of methoxy groups -OCH3 is 1. The molecule has 198 valence electrons. The molecule has 3 heterocycles. The Morgan fingerprint density at radius 3 is 2.43 bits per heavy atom. The van der Waals surface area contributed by atoms with Crippen molar-refractivity contribution in [3.05, 3.63) is 40.6 Å². The van der Waals surface area contributed by atoms with Crippen LogP contribution in [-0.4, -0.2) is 48.1 Å². The van der Waals surface area contributed by atoms with E-state index in [1.807, 2.05) is 17.3 Å². The van der Waals surface area contributed by atoms with Crippen LogP contribution in [0.15, 0.2) is 30.9 Å². The molecule has 0 unspecified atom stereocenters. The molecule has 0 atom stereocenters. The number of carbonyl (C=O) groups is 2. The van der Waals surface area contributed by atoms with Crippen molar-refractivity contribution in [3.8, 4) is 0 Å². The van der Waals surface area contributed by atoms with Crippen LogP contribution in [0.1, 0.15) is 85.7 Å². The molecule has 37 heavy (non-hydrogen) atoms. The summed E-state index contributed by atoms with van der Waals surface area (Å²) in [6.45, 7) is 3.92. The third-order valence-corrected chi connectivity index (χ3v) is 9.47. The van der Waals surface area contributed by atoms with E-state index in [0.29, 0.717) is 10.8 Å². The number of amides is 1. The molecule has 1 aliphatic heterocycles. The molecular weight excluding hydrogens is 484 g/mol. The fraction of sp³-hybridized carbons (Fsp3) is 0.586. The van der Waals surface area contributed by atoms with E-state index in [0.717, 1.165) is 87.1 Å². The molecule has 2 aromatic heterocycles. The number of anilines is 2. The van der Waals surface area contributed by atoms with Crippen molar-refractivity contribution in [3.63, 3.8) is 0 Å². The third-order valence-electron chi connectivity index (χ3n) is 8.29. The van der Waals surface area contributed by atoms with E-state index in [9.17, 15) is 9.59 Å². The number of aromatic nitrogens is 2. The zero-order chi connectivity index (χ0) is 25.8. The maximum Gasteiger partial charge on any atom is 0.350 e. The van der Waals surface area contributed by atoms with Gasteiger partial charge in [-0.3, -0.25) is 4.79 Å². The number of hydrogen-bond acceptors (Lipinski definition) is 7. The number of piperidine rings is 1. The van der Waals surface area contributed by atoms with Gasteiger partial charge in [0.05, 0.1) is 30.9 Å². The van der Waals surface area contributed by atoms with Gasteiger partial charge in [0.2, 0.25) is 5.91 Å². The Balaban J connectivity index is 1.47. The molecular formula is C29H38N4O3S. The number of esters is 1. The first-order chi connectivity index (χ1) is 18.0. The van der Waals surface area contributed by atoms with Gasteiger partial charge in [0.25, 0.3) is 0 Å². The van der Waals surface area contributed by atoms with Crippen molar-refractivity contribution < 1.29 is 14.3 Å². The molecule has 5 rings (SSSR count). The maximum absolute atomic E-state index is 14.2. The topological polar surface area (TPSA) is 75.6 Å². The minimum atomic E-state index is -0.350. The lowest BCUT2D eigenvalue weighted by molar-refractivity contribution is -0.124. The first-order valence-electron chi connectivity index (χ1n) is 13.8. The van der Waals surface area contributed by atoms with Gasteiger partial charge >= 0.3 is 5.97 Å². The van der Waals surface area contributed by atoms with E-state index < -0.39 is 0 Å². The van der Waals surface area contributed by atoms with Crippen LogP contribution in [0.25, 0.3) is 5.57 Å². The molecule has 0 aromatic carbocycles. The van der Waals surface area contributed by atoms with Crippen molar-refractivity contribution in [1.29, 1.82) is 0 Å². The summed E-state index contributed by atoms with van der Waals surface area (Å²) in [6.07, 6.45) is 17.7. The minimum Gasteiger partial charge on any atom is -0.465 e. The average molecular weight is 523 g/mol. The van der Waals surface area contributed by atoms with Gasteiger partial charge in [-0.05, 0) is 81.8 Å². The first-order valence-corrected chi connectivity index (χ1v) is 14.6. The summed E-state index contributed by atoms with van der Waals surface area (Å²) in [6, 6.07) is 2.15. The zero-order valence-electron chi connectivity index (χ0n) is 22.0. The van der Waals surface area contributed by atoms with Crippen molar-refractivity contribution in [2.24, 2.45) is 11.8 Å². The molecule has 1 saturated carbocycles. The third kappa shape index (κ3) is 5.74. The standard InChI is InChI=1S/C29H38N4O3S/c1-20-8-10-22(11-9-20)28(34)33(23-12-14-32(15-13-23)24-17-30-19-31-18-24)25-16-26(21-6-4-3-5-7-21)37-27(25)29(35)36-2/h6,16-20,22-23H,3-5,7-15H2,1-2H3. The van der Waals surface area contributed by atoms with Crippen molar-refractivity contribution >= 4 is 40.2 Å². The molecule has 2 aliphatic carbocycles. The van der Waals surface area contributed by atoms with Crippen LogP contribution in [0.4, 0.5) is 11.4 Å². The second kappa shape index (κ2) is 11.8. The molecule has 2 fully saturated rings. The Hall–Kier alpha value is -2.74. The van der Waals surface area contributed by atoms with E-state index in [-0.39, 0.29) is 23.8 Å². The number of allylic oxidation sites excluding steroid dienone is 2. The van der Waals surface area contributed by atoms with Gasteiger partial charge in [-0.25, -0.2) is 14.8 Å². The predicted molar refractivity (Wildman–Crippen MR) is 148 cm³/mol. The highest BCUT2D eigenvalue weighted by Crippen LogP contribution is 2.42. The Kier molecular flexibility index (Phi) is 8.23. The lowest BCUT2D eigenvalue weighted by Gasteiger charge is -2.41. The largest absolute Gasteiger partial charge is 0.465 e. The molecule has 7 nitrogen and oxygen atoms in total. The number of nitrogens with zero attached hydrogens (tertiary/aromatic N) is 4. The van der Waals surface area contributed by atoms with E-state index >= 15 is 0 Å². The summed E-state index contributed by atoms with van der Waals surface area (Å²) < 4.78 is 5.22. The maximum atomic E-state index is 14.2. The molecule has 0 bridgehead atoms. The fourth-order valence-corrected chi connectivity index (χ4v) is 7.19. The minimum absolute atomic E-state index is 0.0134. The number of ether oxygens (including phenoxy) is 1. The van der Waals surface area contributed by atoms with Crippen LogP contribution in [0.2, 0.25) is 0 Å². The number of thiophene rings is 1. The van der Waals surface area contributed by atoms with Crippen LogP contribution in [-0.2, 0) is 9.53 Å². The van der Waals surface area contributed by atoms with Crippen molar-refractivity contribution in [2.75, 3.05) is 30.0 Å². The summed E-state index contributed by atoms with van der Waals surface area (Å²) in [5, 5.41) is 0. The SMILES string of the molecule is COC(=O)c1sc(C2=CCCCC2)cc1N(C(=O)C1CCC(C)CC1)C1CCN(c2cncnc2)CC1. The van der Waals surface area contributed by atoms with Gasteiger partial charge < -0.3 is 14.5 Å². The Morgan fingerprint density at radius 2 is 1.78 bits per heavy atom. The van der Waals surface area contributed by atoms with Crippen LogP contribution in [0.5, 0.6) is 0 Å². The van der Waals surface area contributed by atoms with E-state index in [1.54, 1.807) is 6.33 Å². The van der Waals surface area contributed by atoms with E-state index in [2.05, 4.69) is 33.9 Å². The summed E-state index contributed by atoms with van der Waals surface area (Å²) in [7, 11) is 1.43. The second-order valence-electron chi connectivity index (χ2n) is 10.8. The highest BCUT2D eigenvalue weighted by molar-refractivity contribution is 7.15. The second-order valence-corrected chi connectivity index (χ2v) is 11.8. The van der Waals surface area contributed by atoms with Gasteiger partial charge in [0, 0.05) is 29.9 Å². The van der Waals surface area contributed by atoms with Gasteiger partial charge in [0.1, 0.15) is 11.2 Å². The predicted octanol–water partition coefficient (Wildman–Crippen LogP) is 6.11. The average Bonchev–Trinajstić information content (AvgIpc) is 3.39. The Morgan fingerprint density at radius 1 is 1.05 bits per heavy atom. The number of carbonyl (C=O) groups excluding carboxylic acids is 2. The summed E-state index contributed by atoms with van der Waals surface area (Å²) in [5.74, 6) is 0.516. The van der Waals surface area contributed by atoms with Gasteiger partial charge in [-0.1, -0.05) is 13.0 Å². The van der Waals surface area contributed by atoms with Crippen LogP contribution in [0, 0.1) is 11.8 Å². The van der Waals surface area contributed by atoms with E-state index in [4.69, 9.17) is 4.74 Å². The molecule has 0 spiro atoms. The highest BCUT2D eigenvalue weighted by atomic mass is 32.1. The molecule has 0 N–H and O–H groups in total. The van der Waals surface area contributed by atoms with E-state index in [1.165, 1.54) is 30.4 Å². The first kappa shape index (κ1) is 25.9. The molecule has 8 heteroatoms. The Bertz CT molecular complexity index is 1120. The zero-order valence-corrected chi connectivity index (χ0v) is 22.8. The fourth-order valence-electron chi connectivity index (χ4n) is 6.06. The lowest BCUT2D eigenvalue weighted by Crippen LogP contribution is -2.50. The van der Waals surface area contributed by atoms with Crippen LogP contribution >= 0.6 is 11.3 Å². The monoisotopic (exact) mass is 522 g/mol. The van der Waals surface area contributed by atoms with Gasteiger partial charge in [0.15, 0.2) is 0 Å². The Labute approximate surface area is 223 Å². The summed E-state index contributed by atoms with van der Waals surface area (Å²) in [4.78, 5) is 41.5. The molecule has 3 aliphatic rings. The normalized spacial score (nSPS) is 22.9. The van der Waals surface area contributed by atoms with Crippen molar-refractivity contribution in [1.82, 2.24) is 9.97 Å². The van der Waals surface area contributed by atoms with Crippen LogP contribution in [0.3, 0.4) is 0 Å². The van der Waals surface area contributed by atoms with Crippen LogP contribution < -0.4 is 9.80 Å². The number of rotatable bonds is 6. The molecule has 0 radical (unpaired) electrons. The summed E-state index contributed by atoms with van der Waals surface area (Å²) in [5.41, 5.74) is 3.06. The quantitative estimate of drug-likeness (QED) is 0.426. The summed E-state index contributed by atoms with van der Waals surface area (Å²) >= 11 is 1.49. The van der Waals surface area contributed by atoms with Gasteiger partial charge in [-0.15, -0.1) is 11.3 Å². The molecule has 1 amide bonds.